The maximum absolute atomic E-state index is 12.3. The van der Waals surface area contributed by atoms with Gasteiger partial charge in [0.05, 0.1) is 11.1 Å². The molecule has 7 heteroatoms. The predicted octanol–water partition coefficient (Wildman–Crippen LogP) is 1.91. The Morgan fingerprint density at radius 2 is 2.19 bits per heavy atom. The van der Waals surface area contributed by atoms with Crippen molar-refractivity contribution in [1.82, 2.24) is 14.7 Å². The lowest BCUT2D eigenvalue weighted by Crippen LogP contribution is -2.26. The molecule has 0 saturated heterocycles. The van der Waals surface area contributed by atoms with Gasteiger partial charge in [0.1, 0.15) is 0 Å². The molecule has 2 rings (SSSR count). The van der Waals surface area contributed by atoms with Crippen molar-refractivity contribution in [2.45, 2.75) is 13.5 Å². The molecule has 0 bridgehead atoms. The zero-order valence-corrected chi connectivity index (χ0v) is 12.1. The second kappa shape index (κ2) is 5.74. The first kappa shape index (κ1) is 14.7. The lowest BCUT2D eigenvalue weighted by atomic mass is 10.1. The van der Waals surface area contributed by atoms with Gasteiger partial charge in [-0.15, -0.1) is 0 Å². The highest BCUT2D eigenvalue weighted by atomic mass is 16.6. The summed E-state index contributed by atoms with van der Waals surface area (Å²) in [4.78, 5) is 24.2. The van der Waals surface area contributed by atoms with Gasteiger partial charge < -0.3 is 4.90 Å². The molecule has 7 nitrogen and oxygen atoms in total. The maximum atomic E-state index is 12.3. The zero-order valence-electron chi connectivity index (χ0n) is 12.1. The topological polar surface area (TPSA) is 81.3 Å². The van der Waals surface area contributed by atoms with E-state index < -0.39 is 4.92 Å². The van der Waals surface area contributed by atoms with Crippen LogP contribution in [0.5, 0.6) is 0 Å². The molecule has 0 aliphatic rings. The van der Waals surface area contributed by atoms with Crippen LogP contribution < -0.4 is 0 Å². The van der Waals surface area contributed by atoms with Crippen LogP contribution in [0.3, 0.4) is 0 Å². The number of rotatable bonds is 4. The molecule has 0 fully saturated rings. The van der Waals surface area contributed by atoms with Crippen LogP contribution in [0.2, 0.25) is 0 Å². The molecule has 21 heavy (non-hydrogen) atoms. The highest BCUT2D eigenvalue weighted by Crippen LogP contribution is 2.19. The van der Waals surface area contributed by atoms with Crippen molar-refractivity contribution < 1.29 is 9.72 Å². The van der Waals surface area contributed by atoms with Gasteiger partial charge in [-0.3, -0.25) is 19.6 Å². The Morgan fingerprint density at radius 3 is 2.71 bits per heavy atom. The fraction of sp³-hybridized carbons (Fsp3) is 0.286. The van der Waals surface area contributed by atoms with E-state index in [1.807, 2.05) is 13.2 Å². The molecule has 0 N–H and O–H groups in total. The first-order chi connectivity index (χ1) is 9.88. The lowest BCUT2D eigenvalue weighted by Gasteiger charge is -2.16. The monoisotopic (exact) mass is 288 g/mol. The second-order valence-electron chi connectivity index (χ2n) is 4.94. The Morgan fingerprint density at radius 1 is 1.48 bits per heavy atom. The standard InChI is InChI=1S/C14H16N4O3/c1-10-6-12(4-5-13(10)18(20)21)14(19)16(2)8-11-7-15-17(3)9-11/h4-7,9H,8H2,1-3H3. The molecule has 0 spiro atoms. The van der Waals surface area contributed by atoms with Gasteiger partial charge in [-0.25, -0.2) is 0 Å². The number of amides is 1. The molecular formula is C14H16N4O3. The average molecular weight is 288 g/mol. The average Bonchev–Trinajstić information content (AvgIpc) is 2.82. The Bertz CT molecular complexity index is 693. The lowest BCUT2D eigenvalue weighted by molar-refractivity contribution is -0.385. The van der Waals surface area contributed by atoms with Crippen molar-refractivity contribution in [3.63, 3.8) is 0 Å². The van der Waals surface area contributed by atoms with E-state index in [0.717, 1.165) is 5.56 Å². The van der Waals surface area contributed by atoms with Crippen LogP contribution in [0.1, 0.15) is 21.5 Å². The van der Waals surface area contributed by atoms with Gasteiger partial charge in [0.2, 0.25) is 0 Å². The number of nitro benzene ring substituents is 1. The van der Waals surface area contributed by atoms with E-state index in [1.165, 1.54) is 12.1 Å². The van der Waals surface area contributed by atoms with E-state index in [4.69, 9.17) is 0 Å². The van der Waals surface area contributed by atoms with E-state index in [2.05, 4.69) is 5.10 Å². The third-order valence-corrected chi connectivity index (χ3v) is 3.17. The fourth-order valence-electron chi connectivity index (χ4n) is 2.11. The summed E-state index contributed by atoms with van der Waals surface area (Å²) in [5.41, 5.74) is 1.85. The van der Waals surface area contributed by atoms with Crippen molar-refractivity contribution >= 4 is 11.6 Å². The molecule has 1 aromatic carbocycles. The summed E-state index contributed by atoms with van der Waals surface area (Å²) < 4.78 is 1.67. The number of hydrogen-bond acceptors (Lipinski definition) is 4. The van der Waals surface area contributed by atoms with E-state index >= 15 is 0 Å². The summed E-state index contributed by atoms with van der Waals surface area (Å²) in [5.74, 6) is -0.183. The van der Waals surface area contributed by atoms with Crippen LogP contribution in [0.15, 0.2) is 30.6 Å². The summed E-state index contributed by atoms with van der Waals surface area (Å²) >= 11 is 0. The number of aromatic nitrogens is 2. The molecule has 2 aromatic rings. The molecule has 0 aliphatic heterocycles. The Kier molecular flexibility index (Phi) is 4.02. The zero-order chi connectivity index (χ0) is 15.6. The normalized spacial score (nSPS) is 10.4. The minimum atomic E-state index is -0.455. The maximum Gasteiger partial charge on any atom is 0.272 e. The molecule has 1 amide bonds. The van der Waals surface area contributed by atoms with Crippen molar-refractivity contribution in [3.05, 3.63) is 57.4 Å². The number of carbonyl (C=O) groups excluding carboxylic acids is 1. The second-order valence-corrected chi connectivity index (χ2v) is 4.94. The van der Waals surface area contributed by atoms with Crippen LogP contribution in [-0.2, 0) is 13.6 Å². The highest BCUT2D eigenvalue weighted by molar-refractivity contribution is 5.94. The fourth-order valence-corrected chi connectivity index (χ4v) is 2.11. The van der Waals surface area contributed by atoms with Gasteiger partial charge in [-0.1, -0.05) is 0 Å². The molecule has 0 radical (unpaired) electrons. The Labute approximate surface area is 121 Å². The SMILES string of the molecule is Cc1cc(C(=O)N(C)Cc2cnn(C)c2)ccc1[N+](=O)[O-]. The number of aryl methyl sites for hydroxylation is 2. The van der Waals surface area contributed by atoms with Gasteiger partial charge in [-0.2, -0.15) is 5.10 Å². The first-order valence-electron chi connectivity index (χ1n) is 6.36. The van der Waals surface area contributed by atoms with Crippen molar-refractivity contribution in [3.8, 4) is 0 Å². The van der Waals surface area contributed by atoms with Gasteiger partial charge in [-0.05, 0) is 19.1 Å². The molecule has 1 heterocycles. The summed E-state index contributed by atoms with van der Waals surface area (Å²) in [6.07, 6.45) is 3.54. The van der Waals surface area contributed by atoms with Gasteiger partial charge in [0, 0.05) is 49.6 Å². The van der Waals surface area contributed by atoms with Gasteiger partial charge in [0.25, 0.3) is 11.6 Å². The van der Waals surface area contributed by atoms with Crippen LogP contribution >= 0.6 is 0 Å². The van der Waals surface area contributed by atoms with E-state index in [9.17, 15) is 14.9 Å². The van der Waals surface area contributed by atoms with E-state index in [-0.39, 0.29) is 11.6 Å². The van der Waals surface area contributed by atoms with Crippen molar-refractivity contribution in [2.75, 3.05) is 7.05 Å². The highest BCUT2D eigenvalue weighted by Gasteiger charge is 2.17. The summed E-state index contributed by atoms with van der Waals surface area (Å²) in [7, 11) is 3.50. The third kappa shape index (κ3) is 3.25. The smallest absolute Gasteiger partial charge is 0.272 e. The number of hydrogen-bond donors (Lipinski definition) is 0. The minimum absolute atomic E-state index is 0.0152. The Hall–Kier alpha value is -2.70. The van der Waals surface area contributed by atoms with Gasteiger partial charge in [0.15, 0.2) is 0 Å². The number of nitro groups is 1. The molecule has 1 aromatic heterocycles. The summed E-state index contributed by atoms with van der Waals surface area (Å²) in [6.45, 7) is 2.05. The van der Waals surface area contributed by atoms with Crippen LogP contribution in [0, 0.1) is 17.0 Å². The molecule has 0 unspecified atom stereocenters. The van der Waals surface area contributed by atoms with Crippen molar-refractivity contribution in [1.29, 1.82) is 0 Å². The predicted molar refractivity (Wildman–Crippen MR) is 76.8 cm³/mol. The van der Waals surface area contributed by atoms with Gasteiger partial charge >= 0.3 is 0 Å². The molecule has 110 valence electrons. The molecular weight excluding hydrogens is 272 g/mol. The first-order valence-corrected chi connectivity index (χ1v) is 6.36. The van der Waals surface area contributed by atoms with Crippen LogP contribution in [-0.4, -0.2) is 32.6 Å². The minimum Gasteiger partial charge on any atom is -0.337 e. The quantitative estimate of drug-likeness (QED) is 0.635. The molecule has 0 aliphatic carbocycles. The van der Waals surface area contributed by atoms with Crippen LogP contribution in [0.25, 0.3) is 0 Å². The van der Waals surface area contributed by atoms with E-state index in [1.54, 1.807) is 35.8 Å². The Balaban J connectivity index is 2.15. The number of carbonyl (C=O) groups is 1. The number of nitrogens with zero attached hydrogens (tertiary/aromatic N) is 4. The third-order valence-electron chi connectivity index (χ3n) is 3.17. The largest absolute Gasteiger partial charge is 0.337 e. The number of benzene rings is 1. The van der Waals surface area contributed by atoms with Crippen molar-refractivity contribution in [2.24, 2.45) is 7.05 Å². The van der Waals surface area contributed by atoms with Crippen LogP contribution in [0.4, 0.5) is 5.69 Å². The summed E-state index contributed by atoms with van der Waals surface area (Å²) in [5, 5.41) is 14.8. The molecule has 0 saturated carbocycles. The molecule has 0 atom stereocenters. The van der Waals surface area contributed by atoms with E-state index in [0.29, 0.717) is 17.7 Å². The summed E-state index contributed by atoms with van der Waals surface area (Å²) in [6, 6.07) is 4.38.